The first-order valence-corrected chi connectivity index (χ1v) is 9.36. The lowest BCUT2D eigenvalue weighted by Gasteiger charge is -2.37. The lowest BCUT2D eigenvalue weighted by molar-refractivity contribution is -0.169. The number of hydrogen-bond acceptors (Lipinski definition) is 6. The van der Waals surface area contributed by atoms with E-state index in [2.05, 4.69) is 20.2 Å². The van der Waals surface area contributed by atoms with Gasteiger partial charge in [0.2, 0.25) is 5.95 Å². The summed E-state index contributed by atoms with van der Waals surface area (Å²) in [5, 5.41) is 2.98. The van der Waals surface area contributed by atoms with Crippen LogP contribution in [0.4, 0.5) is 5.95 Å². The summed E-state index contributed by atoms with van der Waals surface area (Å²) < 4.78 is 11.5. The Bertz CT molecular complexity index is 766. The fraction of sp³-hybridized carbons (Fsp3) is 0.450. The van der Waals surface area contributed by atoms with E-state index in [1.54, 1.807) is 12.4 Å². The number of piperidine rings is 1. The Kier molecular flexibility index (Phi) is 5.05. The van der Waals surface area contributed by atoms with Crippen LogP contribution in [-0.2, 0) is 9.47 Å². The van der Waals surface area contributed by atoms with Gasteiger partial charge in [-0.25, -0.2) is 9.97 Å². The molecule has 0 radical (unpaired) electrons. The van der Waals surface area contributed by atoms with Crippen LogP contribution in [0.1, 0.15) is 41.7 Å². The molecule has 142 valence electrons. The maximum absolute atomic E-state index is 12.4. The van der Waals surface area contributed by atoms with Gasteiger partial charge >= 0.3 is 0 Å². The van der Waals surface area contributed by atoms with Crippen LogP contribution in [0.25, 0.3) is 0 Å². The molecule has 1 amide bonds. The molecule has 2 aliphatic rings. The van der Waals surface area contributed by atoms with Gasteiger partial charge in [-0.05, 0) is 12.5 Å². The van der Waals surface area contributed by atoms with Crippen LogP contribution in [0.15, 0.2) is 42.7 Å². The predicted octanol–water partition coefficient (Wildman–Crippen LogP) is 2.31. The third kappa shape index (κ3) is 3.94. The van der Waals surface area contributed by atoms with E-state index in [0.29, 0.717) is 24.7 Å². The van der Waals surface area contributed by atoms with Crippen molar-refractivity contribution in [1.29, 1.82) is 0 Å². The van der Waals surface area contributed by atoms with Crippen molar-refractivity contribution in [3.8, 4) is 0 Å². The third-order valence-corrected chi connectivity index (χ3v) is 5.17. The normalized spacial score (nSPS) is 19.8. The molecule has 7 nitrogen and oxygen atoms in total. The summed E-state index contributed by atoms with van der Waals surface area (Å²) in [6.07, 6.45) is 4.77. The van der Waals surface area contributed by atoms with E-state index in [1.165, 1.54) is 0 Å². The van der Waals surface area contributed by atoms with Crippen molar-refractivity contribution < 1.29 is 14.3 Å². The molecule has 0 aliphatic carbocycles. The summed E-state index contributed by atoms with van der Waals surface area (Å²) >= 11 is 0. The van der Waals surface area contributed by atoms with Crippen molar-refractivity contribution in [2.75, 3.05) is 31.2 Å². The number of anilines is 1. The Morgan fingerprint density at radius 2 is 1.74 bits per heavy atom. The number of ether oxygens (including phenoxy) is 2. The molecule has 1 aromatic heterocycles. The van der Waals surface area contributed by atoms with E-state index in [0.717, 1.165) is 31.5 Å². The minimum Gasteiger partial charge on any atom is -0.347 e. The van der Waals surface area contributed by atoms with Crippen LogP contribution < -0.4 is 10.2 Å². The highest BCUT2D eigenvalue weighted by atomic mass is 16.7. The SMILES string of the molecule is CC(NC(=O)c1cnc(N2CCC3(CC2)OCCO3)nc1)c1ccccc1. The average molecular weight is 368 g/mol. The lowest BCUT2D eigenvalue weighted by atomic mass is 10.0. The molecule has 0 saturated carbocycles. The molecule has 2 fully saturated rings. The second kappa shape index (κ2) is 7.62. The van der Waals surface area contributed by atoms with Crippen molar-refractivity contribution in [2.24, 2.45) is 0 Å². The summed E-state index contributed by atoms with van der Waals surface area (Å²) in [6.45, 7) is 4.84. The molecular weight excluding hydrogens is 344 g/mol. The molecule has 1 atom stereocenters. The van der Waals surface area contributed by atoms with Gasteiger partial charge in [-0.15, -0.1) is 0 Å². The third-order valence-electron chi connectivity index (χ3n) is 5.17. The number of nitrogens with zero attached hydrogens (tertiary/aromatic N) is 3. The van der Waals surface area contributed by atoms with Gasteiger partial charge in [0, 0.05) is 38.3 Å². The van der Waals surface area contributed by atoms with Crippen LogP contribution in [0, 0.1) is 0 Å². The van der Waals surface area contributed by atoms with Crippen LogP contribution in [-0.4, -0.2) is 48.0 Å². The van der Waals surface area contributed by atoms with E-state index in [1.807, 2.05) is 37.3 Å². The van der Waals surface area contributed by atoms with Crippen molar-refractivity contribution in [3.63, 3.8) is 0 Å². The van der Waals surface area contributed by atoms with Gasteiger partial charge in [-0.1, -0.05) is 30.3 Å². The number of carbonyl (C=O) groups is 1. The maximum atomic E-state index is 12.4. The molecule has 1 N–H and O–H groups in total. The number of carbonyl (C=O) groups excluding carboxylic acids is 1. The van der Waals surface area contributed by atoms with E-state index in [4.69, 9.17) is 9.47 Å². The Morgan fingerprint density at radius 3 is 2.37 bits per heavy atom. The molecule has 2 saturated heterocycles. The molecule has 2 aliphatic heterocycles. The zero-order chi connectivity index (χ0) is 18.7. The van der Waals surface area contributed by atoms with Gasteiger partial charge in [0.05, 0.1) is 24.8 Å². The van der Waals surface area contributed by atoms with Gasteiger partial charge < -0.3 is 19.7 Å². The summed E-state index contributed by atoms with van der Waals surface area (Å²) in [4.78, 5) is 23.3. The Labute approximate surface area is 158 Å². The van der Waals surface area contributed by atoms with Crippen LogP contribution >= 0.6 is 0 Å². The first kappa shape index (κ1) is 17.9. The van der Waals surface area contributed by atoms with Crippen LogP contribution in [0.3, 0.4) is 0 Å². The van der Waals surface area contributed by atoms with E-state index in [-0.39, 0.29) is 11.9 Å². The fourth-order valence-corrected chi connectivity index (χ4v) is 3.54. The minimum absolute atomic E-state index is 0.0805. The first-order valence-electron chi connectivity index (χ1n) is 9.36. The summed E-state index contributed by atoms with van der Waals surface area (Å²) in [7, 11) is 0. The summed E-state index contributed by atoms with van der Waals surface area (Å²) in [5.74, 6) is 0.0444. The molecule has 7 heteroatoms. The van der Waals surface area contributed by atoms with Crippen molar-refractivity contribution in [1.82, 2.24) is 15.3 Å². The smallest absolute Gasteiger partial charge is 0.254 e. The molecule has 4 rings (SSSR count). The van der Waals surface area contributed by atoms with Gasteiger partial charge in [-0.3, -0.25) is 4.79 Å². The Morgan fingerprint density at radius 1 is 1.11 bits per heavy atom. The maximum Gasteiger partial charge on any atom is 0.254 e. The standard InChI is InChI=1S/C20H24N4O3/c1-15(16-5-3-2-4-6-16)23-18(25)17-13-21-19(22-14-17)24-9-7-20(8-10-24)26-11-12-27-20/h2-6,13-15H,7-12H2,1H3,(H,23,25). The topological polar surface area (TPSA) is 76.6 Å². The number of benzene rings is 1. The molecule has 1 unspecified atom stereocenters. The summed E-state index contributed by atoms with van der Waals surface area (Å²) in [5.41, 5.74) is 1.51. The van der Waals surface area contributed by atoms with Crippen LogP contribution in [0.5, 0.6) is 0 Å². The predicted molar refractivity (Wildman–Crippen MR) is 100 cm³/mol. The largest absolute Gasteiger partial charge is 0.347 e. The second-order valence-electron chi connectivity index (χ2n) is 6.97. The number of rotatable bonds is 4. The highest BCUT2D eigenvalue weighted by Crippen LogP contribution is 2.32. The van der Waals surface area contributed by atoms with Crippen molar-refractivity contribution in [2.45, 2.75) is 31.6 Å². The Balaban J connectivity index is 1.35. The molecule has 1 spiro atoms. The molecule has 27 heavy (non-hydrogen) atoms. The number of hydrogen-bond donors (Lipinski definition) is 1. The number of amides is 1. The number of aromatic nitrogens is 2. The zero-order valence-electron chi connectivity index (χ0n) is 15.4. The first-order chi connectivity index (χ1) is 13.2. The zero-order valence-corrected chi connectivity index (χ0v) is 15.4. The lowest BCUT2D eigenvalue weighted by Crippen LogP contribution is -2.45. The van der Waals surface area contributed by atoms with E-state index in [9.17, 15) is 4.79 Å². The molecule has 0 bridgehead atoms. The van der Waals surface area contributed by atoms with E-state index < -0.39 is 5.79 Å². The molecular formula is C20H24N4O3. The molecule has 2 aromatic rings. The highest BCUT2D eigenvalue weighted by Gasteiger charge is 2.40. The monoisotopic (exact) mass is 368 g/mol. The van der Waals surface area contributed by atoms with Gasteiger partial charge in [-0.2, -0.15) is 0 Å². The van der Waals surface area contributed by atoms with Crippen molar-refractivity contribution in [3.05, 3.63) is 53.9 Å². The molecule has 3 heterocycles. The van der Waals surface area contributed by atoms with Gasteiger partial charge in [0.15, 0.2) is 5.79 Å². The minimum atomic E-state index is -0.413. The van der Waals surface area contributed by atoms with E-state index >= 15 is 0 Å². The average Bonchev–Trinajstić information content (AvgIpc) is 3.17. The molecule has 1 aromatic carbocycles. The van der Waals surface area contributed by atoms with Crippen molar-refractivity contribution >= 4 is 11.9 Å². The number of nitrogens with one attached hydrogen (secondary N) is 1. The second-order valence-corrected chi connectivity index (χ2v) is 6.97. The quantitative estimate of drug-likeness (QED) is 0.892. The Hall–Kier alpha value is -2.51. The highest BCUT2D eigenvalue weighted by molar-refractivity contribution is 5.93. The van der Waals surface area contributed by atoms with Crippen LogP contribution in [0.2, 0.25) is 0 Å². The fourth-order valence-electron chi connectivity index (χ4n) is 3.54. The summed E-state index contributed by atoms with van der Waals surface area (Å²) in [6, 6.07) is 9.78. The van der Waals surface area contributed by atoms with Gasteiger partial charge in [0.1, 0.15) is 0 Å². The van der Waals surface area contributed by atoms with Gasteiger partial charge in [0.25, 0.3) is 5.91 Å².